The van der Waals surface area contributed by atoms with Crippen molar-refractivity contribution in [2.75, 3.05) is 14.1 Å². The first-order valence-corrected chi connectivity index (χ1v) is 4.77. The van der Waals surface area contributed by atoms with Crippen LogP contribution in [0.5, 0.6) is 0 Å². The molecular formula is C12H23N. The fourth-order valence-corrected chi connectivity index (χ4v) is 1.14. The van der Waals surface area contributed by atoms with Crippen LogP contribution in [0.4, 0.5) is 0 Å². The Morgan fingerprint density at radius 1 is 1.31 bits per heavy atom. The average molecular weight is 181 g/mol. The van der Waals surface area contributed by atoms with Crippen LogP contribution >= 0.6 is 0 Å². The highest BCUT2D eigenvalue weighted by Crippen LogP contribution is 2.22. The second-order valence-electron chi connectivity index (χ2n) is 5.03. The topological polar surface area (TPSA) is 3.24 Å². The summed E-state index contributed by atoms with van der Waals surface area (Å²) in [6, 6.07) is 0. The van der Waals surface area contributed by atoms with E-state index in [1.165, 1.54) is 5.70 Å². The Labute approximate surface area is 83.1 Å². The quantitative estimate of drug-likeness (QED) is 0.603. The zero-order chi connectivity index (χ0) is 10.6. The molecule has 0 saturated carbocycles. The monoisotopic (exact) mass is 181 g/mol. The molecule has 0 radical (unpaired) electrons. The van der Waals surface area contributed by atoms with Gasteiger partial charge in [-0.05, 0) is 24.3 Å². The number of allylic oxidation sites excluding steroid dienone is 2. The molecule has 0 aliphatic heterocycles. The molecule has 0 aliphatic rings. The SMILES string of the molecule is C=C(C)/C(=C/CC(C)(C)C)N(C)C. The Hall–Kier alpha value is -0.720. The molecule has 13 heavy (non-hydrogen) atoms. The highest BCUT2D eigenvalue weighted by molar-refractivity contribution is 5.24. The van der Waals surface area contributed by atoms with E-state index in [1.807, 2.05) is 0 Å². The summed E-state index contributed by atoms with van der Waals surface area (Å²) in [6.45, 7) is 12.8. The van der Waals surface area contributed by atoms with Crippen molar-refractivity contribution in [1.82, 2.24) is 4.90 Å². The summed E-state index contributed by atoms with van der Waals surface area (Å²) in [5.74, 6) is 0. The summed E-state index contributed by atoms with van der Waals surface area (Å²) < 4.78 is 0. The lowest BCUT2D eigenvalue weighted by Gasteiger charge is -2.21. The van der Waals surface area contributed by atoms with Crippen molar-refractivity contribution in [3.8, 4) is 0 Å². The smallest absolute Gasteiger partial charge is 0.0344 e. The Morgan fingerprint density at radius 2 is 1.77 bits per heavy atom. The predicted octanol–water partition coefficient (Wildman–Crippen LogP) is 3.44. The van der Waals surface area contributed by atoms with Gasteiger partial charge in [-0.2, -0.15) is 0 Å². The van der Waals surface area contributed by atoms with Gasteiger partial charge in [-0.1, -0.05) is 33.4 Å². The van der Waals surface area contributed by atoms with Crippen molar-refractivity contribution >= 4 is 0 Å². The van der Waals surface area contributed by atoms with Crippen molar-refractivity contribution < 1.29 is 0 Å². The van der Waals surface area contributed by atoms with Crippen LogP contribution in [0, 0.1) is 5.41 Å². The first-order chi connectivity index (χ1) is 5.74. The number of hydrogen-bond donors (Lipinski definition) is 0. The fourth-order valence-electron chi connectivity index (χ4n) is 1.14. The second-order valence-corrected chi connectivity index (χ2v) is 5.03. The molecule has 0 aromatic rings. The Morgan fingerprint density at radius 3 is 2.00 bits per heavy atom. The number of nitrogens with zero attached hydrogens (tertiary/aromatic N) is 1. The number of rotatable bonds is 3. The zero-order valence-electron chi connectivity index (χ0n) is 9.94. The summed E-state index contributed by atoms with van der Waals surface area (Å²) in [6.07, 6.45) is 3.36. The molecule has 0 rings (SSSR count). The number of hydrogen-bond acceptors (Lipinski definition) is 1. The van der Waals surface area contributed by atoms with Gasteiger partial charge in [0.2, 0.25) is 0 Å². The van der Waals surface area contributed by atoms with Crippen molar-refractivity contribution in [1.29, 1.82) is 0 Å². The van der Waals surface area contributed by atoms with Gasteiger partial charge < -0.3 is 4.90 Å². The third-order valence-electron chi connectivity index (χ3n) is 1.83. The van der Waals surface area contributed by atoms with Crippen LogP contribution in [0.3, 0.4) is 0 Å². The molecule has 0 fully saturated rings. The zero-order valence-corrected chi connectivity index (χ0v) is 9.94. The molecule has 0 amide bonds. The molecule has 0 aromatic heterocycles. The van der Waals surface area contributed by atoms with Crippen LogP contribution in [0.1, 0.15) is 34.1 Å². The minimum Gasteiger partial charge on any atom is -0.378 e. The molecule has 0 spiro atoms. The number of likely N-dealkylation sites (N-methyl/N-ethyl adjacent to an activating group) is 1. The molecule has 0 unspecified atom stereocenters. The average Bonchev–Trinajstić information content (AvgIpc) is 1.82. The second kappa shape index (κ2) is 4.50. The highest BCUT2D eigenvalue weighted by Gasteiger charge is 2.09. The molecule has 0 aliphatic carbocycles. The van der Waals surface area contributed by atoms with Crippen LogP contribution in [-0.2, 0) is 0 Å². The Kier molecular flexibility index (Phi) is 4.25. The molecule has 76 valence electrons. The van der Waals surface area contributed by atoms with Crippen LogP contribution < -0.4 is 0 Å². The lowest BCUT2D eigenvalue weighted by molar-refractivity contribution is 0.413. The van der Waals surface area contributed by atoms with Gasteiger partial charge in [0.25, 0.3) is 0 Å². The Balaban J connectivity index is 4.48. The van der Waals surface area contributed by atoms with E-state index in [-0.39, 0.29) is 0 Å². The molecule has 0 aromatic carbocycles. The maximum absolute atomic E-state index is 3.97. The highest BCUT2D eigenvalue weighted by atomic mass is 15.1. The van der Waals surface area contributed by atoms with Gasteiger partial charge in [0.1, 0.15) is 0 Å². The normalized spacial score (nSPS) is 12.9. The predicted molar refractivity (Wildman–Crippen MR) is 60.7 cm³/mol. The summed E-state index contributed by atoms with van der Waals surface area (Å²) in [4.78, 5) is 2.12. The van der Waals surface area contributed by atoms with Crippen LogP contribution in [0.15, 0.2) is 23.9 Å². The molecule has 0 N–H and O–H groups in total. The van der Waals surface area contributed by atoms with Crippen LogP contribution in [0.2, 0.25) is 0 Å². The van der Waals surface area contributed by atoms with Crippen molar-refractivity contribution in [2.24, 2.45) is 5.41 Å². The van der Waals surface area contributed by atoms with E-state index in [0.29, 0.717) is 5.41 Å². The van der Waals surface area contributed by atoms with Crippen molar-refractivity contribution in [2.45, 2.75) is 34.1 Å². The molecule has 1 nitrogen and oxygen atoms in total. The largest absolute Gasteiger partial charge is 0.378 e. The van der Waals surface area contributed by atoms with E-state index in [9.17, 15) is 0 Å². The lowest BCUT2D eigenvalue weighted by atomic mass is 9.91. The summed E-state index contributed by atoms with van der Waals surface area (Å²) in [5, 5.41) is 0. The van der Waals surface area contributed by atoms with Crippen molar-refractivity contribution in [3.05, 3.63) is 23.9 Å². The van der Waals surface area contributed by atoms with Gasteiger partial charge in [0.05, 0.1) is 0 Å². The van der Waals surface area contributed by atoms with E-state index < -0.39 is 0 Å². The standard InChI is InChI=1S/C12H23N/c1-10(2)11(13(6)7)8-9-12(3,4)5/h8H,1,9H2,2-7H3/b11-8-. The third kappa shape index (κ3) is 5.51. The maximum atomic E-state index is 3.97. The lowest BCUT2D eigenvalue weighted by Crippen LogP contribution is -2.13. The molecule has 0 bridgehead atoms. The van der Waals surface area contributed by atoms with E-state index in [0.717, 1.165) is 12.0 Å². The van der Waals surface area contributed by atoms with Crippen LogP contribution in [0.25, 0.3) is 0 Å². The Bertz CT molecular complexity index is 204. The third-order valence-corrected chi connectivity index (χ3v) is 1.83. The maximum Gasteiger partial charge on any atom is 0.0344 e. The molecule has 0 saturated heterocycles. The molecular weight excluding hydrogens is 158 g/mol. The van der Waals surface area contributed by atoms with Crippen molar-refractivity contribution in [3.63, 3.8) is 0 Å². The minimum absolute atomic E-state index is 0.358. The first kappa shape index (κ1) is 12.3. The molecule has 0 atom stereocenters. The van der Waals surface area contributed by atoms with E-state index >= 15 is 0 Å². The van der Waals surface area contributed by atoms with Gasteiger partial charge in [0.15, 0.2) is 0 Å². The van der Waals surface area contributed by atoms with E-state index in [1.54, 1.807) is 0 Å². The van der Waals surface area contributed by atoms with Gasteiger partial charge in [0, 0.05) is 19.8 Å². The molecule has 0 heterocycles. The summed E-state index contributed by atoms with van der Waals surface area (Å²) in [7, 11) is 4.12. The van der Waals surface area contributed by atoms with E-state index in [4.69, 9.17) is 0 Å². The fraction of sp³-hybridized carbons (Fsp3) is 0.667. The van der Waals surface area contributed by atoms with Gasteiger partial charge >= 0.3 is 0 Å². The van der Waals surface area contributed by atoms with Gasteiger partial charge in [-0.3, -0.25) is 0 Å². The van der Waals surface area contributed by atoms with Crippen LogP contribution in [-0.4, -0.2) is 19.0 Å². The van der Waals surface area contributed by atoms with Gasteiger partial charge in [-0.25, -0.2) is 0 Å². The first-order valence-electron chi connectivity index (χ1n) is 4.77. The van der Waals surface area contributed by atoms with Gasteiger partial charge in [-0.15, -0.1) is 0 Å². The summed E-state index contributed by atoms with van der Waals surface area (Å²) in [5.41, 5.74) is 2.74. The van der Waals surface area contributed by atoms with E-state index in [2.05, 4.69) is 59.3 Å². The molecule has 1 heteroatoms. The minimum atomic E-state index is 0.358. The summed E-state index contributed by atoms with van der Waals surface area (Å²) >= 11 is 0.